The van der Waals surface area contributed by atoms with Crippen LogP contribution in [0.1, 0.15) is 42.1 Å². The molecule has 6 heteroatoms. The number of aliphatic hydroxyl groups excluding tert-OH is 3. The molecule has 1 heterocycles. The van der Waals surface area contributed by atoms with Gasteiger partial charge in [0.15, 0.2) is 0 Å². The molecule has 0 saturated heterocycles. The highest BCUT2D eigenvalue weighted by Crippen LogP contribution is 2.24. The molecule has 0 fully saturated rings. The summed E-state index contributed by atoms with van der Waals surface area (Å²) in [4.78, 5) is 0. The van der Waals surface area contributed by atoms with Crippen LogP contribution in [0, 0.1) is 0 Å². The number of hydrogen-bond acceptors (Lipinski definition) is 6. The van der Waals surface area contributed by atoms with Gasteiger partial charge in [0.1, 0.15) is 30.0 Å². The zero-order chi connectivity index (χ0) is 19.6. The minimum Gasteiger partial charge on any atom is -0.497 e. The third-order valence-corrected chi connectivity index (χ3v) is 4.07. The van der Waals surface area contributed by atoms with Crippen LogP contribution in [-0.2, 0) is 11.3 Å². The number of aliphatic hydroxyl groups is 3. The fourth-order valence-electron chi connectivity index (χ4n) is 2.60. The molecule has 1 aromatic heterocycles. The lowest BCUT2D eigenvalue weighted by Crippen LogP contribution is -2.03. The maximum absolute atomic E-state index is 10.4. The van der Waals surface area contributed by atoms with Crippen molar-refractivity contribution in [3.8, 4) is 5.75 Å². The summed E-state index contributed by atoms with van der Waals surface area (Å²) in [7, 11) is 3.17. The molecular formula is C21H26O6. The maximum atomic E-state index is 10.4. The largest absolute Gasteiger partial charge is 0.497 e. The normalized spacial score (nSPS) is 12.9. The Morgan fingerprint density at radius 1 is 1.11 bits per heavy atom. The lowest BCUT2D eigenvalue weighted by molar-refractivity contribution is 0.145. The van der Waals surface area contributed by atoms with Gasteiger partial charge in [-0.15, -0.1) is 5.73 Å². The molecule has 1 aromatic carbocycles. The van der Waals surface area contributed by atoms with Gasteiger partial charge in [-0.25, -0.2) is 0 Å². The molecule has 0 unspecified atom stereocenters. The topological polar surface area (TPSA) is 92.3 Å². The molecule has 146 valence electrons. The summed E-state index contributed by atoms with van der Waals surface area (Å²) in [6.07, 6.45) is 0.838. The van der Waals surface area contributed by atoms with E-state index in [0.29, 0.717) is 31.0 Å². The predicted octanol–water partition coefficient (Wildman–Crippen LogP) is 3.06. The molecule has 0 saturated carbocycles. The lowest BCUT2D eigenvalue weighted by Gasteiger charge is -2.13. The van der Waals surface area contributed by atoms with Gasteiger partial charge in [-0.1, -0.05) is 12.1 Å². The molecule has 6 nitrogen and oxygen atoms in total. The fourth-order valence-corrected chi connectivity index (χ4v) is 2.60. The molecule has 0 aliphatic rings. The summed E-state index contributed by atoms with van der Waals surface area (Å²) in [5, 5.41) is 29.6. The molecule has 0 spiro atoms. The minimum atomic E-state index is -0.826. The van der Waals surface area contributed by atoms with Crippen molar-refractivity contribution in [1.82, 2.24) is 0 Å². The Bertz CT molecular complexity index is 755. The van der Waals surface area contributed by atoms with Crippen molar-refractivity contribution < 1.29 is 29.2 Å². The van der Waals surface area contributed by atoms with E-state index < -0.39 is 12.2 Å². The van der Waals surface area contributed by atoms with Crippen molar-refractivity contribution in [3.63, 3.8) is 0 Å². The van der Waals surface area contributed by atoms with Crippen molar-refractivity contribution in [2.45, 2.75) is 31.7 Å². The minimum absolute atomic E-state index is 0.205. The monoisotopic (exact) mass is 374 g/mol. The van der Waals surface area contributed by atoms with Crippen molar-refractivity contribution in [2.24, 2.45) is 0 Å². The van der Waals surface area contributed by atoms with Crippen LogP contribution in [0.3, 0.4) is 0 Å². The number of benzene rings is 1. The Labute approximate surface area is 159 Å². The van der Waals surface area contributed by atoms with E-state index in [9.17, 15) is 10.2 Å². The molecule has 0 aliphatic heterocycles. The summed E-state index contributed by atoms with van der Waals surface area (Å²) in [5.74, 6) is 1.53. The van der Waals surface area contributed by atoms with E-state index in [1.807, 2.05) is 12.1 Å². The van der Waals surface area contributed by atoms with E-state index in [1.165, 1.54) is 0 Å². The molecule has 27 heavy (non-hydrogen) atoms. The summed E-state index contributed by atoms with van der Waals surface area (Å²) >= 11 is 0. The molecule has 2 aromatic rings. The lowest BCUT2D eigenvalue weighted by atomic mass is 10.0. The second-order valence-corrected chi connectivity index (χ2v) is 6.09. The first-order valence-electron chi connectivity index (χ1n) is 8.68. The van der Waals surface area contributed by atoms with Crippen LogP contribution in [0.25, 0.3) is 0 Å². The predicted molar refractivity (Wildman–Crippen MR) is 100 cm³/mol. The molecule has 0 aliphatic carbocycles. The van der Waals surface area contributed by atoms with Crippen LogP contribution < -0.4 is 4.74 Å². The maximum Gasteiger partial charge on any atom is 0.133 e. The molecular weight excluding hydrogens is 348 g/mol. The zero-order valence-electron chi connectivity index (χ0n) is 15.6. The Morgan fingerprint density at radius 3 is 2.44 bits per heavy atom. The standard InChI is InChI=1S/C21H26O6/c1-25-14-15(12-20(24)16-6-8-17(26-2)9-7-16)4-3-5-19(23)21-11-10-18(13-22)27-21/h3,6-11,19-20,22-24H,5,12-14H2,1-2H3/t4?,19-,20-/m1/s1. The van der Waals surface area contributed by atoms with Gasteiger partial charge in [-0.2, -0.15) is 0 Å². The van der Waals surface area contributed by atoms with Gasteiger partial charge in [0.25, 0.3) is 0 Å². The Kier molecular flexibility index (Phi) is 8.33. The average molecular weight is 374 g/mol. The highest BCUT2D eigenvalue weighted by Gasteiger charge is 2.12. The van der Waals surface area contributed by atoms with Crippen LogP contribution >= 0.6 is 0 Å². The number of furan rings is 1. The van der Waals surface area contributed by atoms with Crippen LogP contribution in [0.15, 0.2) is 58.2 Å². The third kappa shape index (κ3) is 6.40. The smallest absolute Gasteiger partial charge is 0.133 e. The first-order chi connectivity index (χ1) is 13.1. The van der Waals surface area contributed by atoms with E-state index in [0.717, 1.165) is 16.9 Å². The third-order valence-electron chi connectivity index (χ3n) is 4.07. The highest BCUT2D eigenvalue weighted by molar-refractivity contribution is 5.29. The van der Waals surface area contributed by atoms with Crippen molar-refractivity contribution in [3.05, 3.63) is 70.9 Å². The van der Waals surface area contributed by atoms with Crippen LogP contribution in [0.5, 0.6) is 5.75 Å². The van der Waals surface area contributed by atoms with Gasteiger partial charge in [0, 0.05) is 20.0 Å². The van der Waals surface area contributed by atoms with E-state index in [-0.39, 0.29) is 6.61 Å². The van der Waals surface area contributed by atoms with E-state index >= 15 is 0 Å². The number of ether oxygens (including phenoxy) is 2. The summed E-state index contributed by atoms with van der Waals surface area (Å²) in [6.45, 7) is 0.124. The second kappa shape index (κ2) is 10.7. The number of hydrogen-bond donors (Lipinski definition) is 3. The number of methoxy groups -OCH3 is 2. The highest BCUT2D eigenvalue weighted by atomic mass is 16.5. The van der Waals surface area contributed by atoms with Gasteiger partial charge < -0.3 is 29.2 Å². The first kappa shape index (κ1) is 21.0. The average Bonchev–Trinajstić information content (AvgIpc) is 3.17. The molecule has 3 N–H and O–H groups in total. The van der Waals surface area contributed by atoms with Gasteiger partial charge >= 0.3 is 0 Å². The first-order valence-corrected chi connectivity index (χ1v) is 8.68. The Balaban J connectivity index is 2.01. The fraction of sp³-hybridized carbons (Fsp3) is 0.381. The zero-order valence-corrected chi connectivity index (χ0v) is 15.6. The molecule has 2 atom stereocenters. The summed E-state index contributed by atoms with van der Waals surface area (Å²) in [6, 6.07) is 10.5. The Hall–Kier alpha value is -2.34. The Morgan fingerprint density at radius 2 is 1.85 bits per heavy atom. The van der Waals surface area contributed by atoms with Crippen molar-refractivity contribution >= 4 is 0 Å². The summed E-state index contributed by atoms with van der Waals surface area (Å²) < 4.78 is 15.6. The van der Waals surface area contributed by atoms with E-state index in [1.54, 1.807) is 44.6 Å². The quantitative estimate of drug-likeness (QED) is 0.554. The summed E-state index contributed by atoms with van der Waals surface area (Å²) in [5.41, 5.74) is 4.65. The van der Waals surface area contributed by atoms with Crippen LogP contribution in [0.2, 0.25) is 0 Å². The molecule has 0 bridgehead atoms. The number of rotatable bonds is 10. The van der Waals surface area contributed by atoms with Gasteiger partial charge in [0.2, 0.25) is 0 Å². The van der Waals surface area contributed by atoms with Crippen LogP contribution in [-0.4, -0.2) is 36.1 Å². The van der Waals surface area contributed by atoms with E-state index in [4.69, 9.17) is 19.0 Å². The van der Waals surface area contributed by atoms with Crippen molar-refractivity contribution in [1.29, 1.82) is 0 Å². The second-order valence-electron chi connectivity index (χ2n) is 6.09. The van der Waals surface area contributed by atoms with Crippen molar-refractivity contribution in [2.75, 3.05) is 20.8 Å². The van der Waals surface area contributed by atoms with Gasteiger partial charge in [-0.3, -0.25) is 0 Å². The molecule has 0 radical (unpaired) electrons. The van der Waals surface area contributed by atoms with E-state index in [2.05, 4.69) is 5.73 Å². The molecule has 0 amide bonds. The van der Waals surface area contributed by atoms with Crippen LogP contribution in [0.4, 0.5) is 0 Å². The SMILES string of the molecule is COCC(=C=CC[C@@H](O)c1ccc(CO)o1)C[C@@H](O)c1ccc(OC)cc1. The van der Waals surface area contributed by atoms with Gasteiger partial charge in [-0.05, 0) is 41.5 Å². The van der Waals surface area contributed by atoms with Gasteiger partial charge in [0.05, 0.1) is 19.8 Å². The molecule has 2 rings (SSSR count).